The Morgan fingerprint density at radius 2 is 2.64 bits per heavy atom. The van der Waals surface area contributed by atoms with E-state index in [1.165, 1.54) is 11.5 Å². The van der Waals surface area contributed by atoms with Crippen LogP contribution in [0.4, 0.5) is 0 Å². The Balaban J connectivity index is 2.00. The van der Waals surface area contributed by atoms with E-state index in [1.807, 2.05) is 0 Å². The molecule has 1 fully saturated rings. The third-order valence-corrected chi connectivity index (χ3v) is 2.92. The third kappa shape index (κ3) is 1.76. The van der Waals surface area contributed by atoms with Gasteiger partial charge in [0.1, 0.15) is 0 Å². The van der Waals surface area contributed by atoms with E-state index in [4.69, 9.17) is 5.11 Å². The highest BCUT2D eigenvalue weighted by Crippen LogP contribution is 2.17. The molecule has 0 saturated carbocycles. The molecule has 1 amide bonds. The second-order valence-electron chi connectivity index (χ2n) is 3.38. The number of amides is 1. The van der Waals surface area contributed by atoms with E-state index < -0.39 is 0 Å². The summed E-state index contributed by atoms with van der Waals surface area (Å²) in [6.45, 7) is 1.49. The van der Waals surface area contributed by atoms with Gasteiger partial charge in [0.15, 0.2) is 5.69 Å². The van der Waals surface area contributed by atoms with Gasteiger partial charge >= 0.3 is 0 Å². The number of nitrogens with zero attached hydrogens (tertiary/aromatic N) is 3. The summed E-state index contributed by atoms with van der Waals surface area (Å²) < 4.78 is 3.65. The molecule has 5 nitrogen and oxygen atoms in total. The van der Waals surface area contributed by atoms with Gasteiger partial charge < -0.3 is 10.0 Å². The third-order valence-electron chi connectivity index (χ3n) is 2.41. The Kier molecular flexibility index (Phi) is 2.74. The largest absolute Gasteiger partial charge is 0.396 e. The van der Waals surface area contributed by atoms with Gasteiger partial charge in [-0.1, -0.05) is 4.49 Å². The number of aromatic nitrogens is 2. The SMILES string of the molecule is O=C(c1csnn1)N1CCC(CO)C1. The fourth-order valence-electron chi connectivity index (χ4n) is 1.59. The summed E-state index contributed by atoms with van der Waals surface area (Å²) >= 11 is 1.18. The molecule has 2 rings (SSSR count). The van der Waals surface area contributed by atoms with E-state index in [0.29, 0.717) is 18.8 Å². The summed E-state index contributed by atoms with van der Waals surface area (Å²) in [5, 5.41) is 14.3. The Morgan fingerprint density at radius 1 is 1.79 bits per heavy atom. The number of likely N-dealkylation sites (tertiary alicyclic amines) is 1. The summed E-state index contributed by atoms with van der Waals surface area (Å²) in [5.41, 5.74) is 0.411. The highest BCUT2D eigenvalue weighted by atomic mass is 32.1. The van der Waals surface area contributed by atoms with E-state index in [2.05, 4.69) is 9.59 Å². The summed E-state index contributed by atoms with van der Waals surface area (Å²) in [6, 6.07) is 0. The van der Waals surface area contributed by atoms with Gasteiger partial charge in [0.25, 0.3) is 5.91 Å². The maximum atomic E-state index is 11.7. The molecule has 1 atom stereocenters. The van der Waals surface area contributed by atoms with Gasteiger partial charge in [0, 0.05) is 31.0 Å². The number of rotatable bonds is 2. The normalized spacial score (nSPS) is 21.5. The molecule has 0 bridgehead atoms. The Hall–Kier alpha value is -1.01. The van der Waals surface area contributed by atoms with Crippen LogP contribution in [-0.4, -0.2) is 45.2 Å². The first kappa shape index (κ1) is 9.54. The van der Waals surface area contributed by atoms with E-state index in [1.54, 1.807) is 10.3 Å². The molecule has 0 aliphatic carbocycles. The number of aliphatic hydroxyl groups excluding tert-OH is 1. The van der Waals surface area contributed by atoms with Crippen LogP contribution in [0.1, 0.15) is 16.9 Å². The van der Waals surface area contributed by atoms with Gasteiger partial charge in [-0.2, -0.15) is 0 Å². The molecular formula is C8H11N3O2S. The first-order valence-electron chi connectivity index (χ1n) is 4.48. The molecule has 1 aliphatic heterocycles. The van der Waals surface area contributed by atoms with Crippen LogP contribution in [0.5, 0.6) is 0 Å². The van der Waals surface area contributed by atoms with Crippen molar-refractivity contribution in [2.45, 2.75) is 6.42 Å². The zero-order valence-corrected chi connectivity index (χ0v) is 8.40. The number of carbonyl (C=O) groups is 1. The Morgan fingerprint density at radius 3 is 3.21 bits per heavy atom. The molecule has 76 valence electrons. The van der Waals surface area contributed by atoms with Crippen molar-refractivity contribution in [3.63, 3.8) is 0 Å². The highest BCUT2D eigenvalue weighted by Gasteiger charge is 2.27. The Labute approximate surface area is 85.5 Å². The molecule has 6 heteroatoms. The molecule has 0 radical (unpaired) electrons. The maximum absolute atomic E-state index is 11.7. The summed E-state index contributed by atoms with van der Waals surface area (Å²) in [7, 11) is 0. The summed E-state index contributed by atoms with van der Waals surface area (Å²) in [4.78, 5) is 13.4. The molecule has 1 saturated heterocycles. The Bertz CT molecular complexity index is 314. The lowest BCUT2D eigenvalue weighted by Gasteiger charge is -2.13. The van der Waals surface area contributed by atoms with Crippen LogP contribution < -0.4 is 0 Å². The zero-order chi connectivity index (χ0) is 9.97. The summed E-state index contributed by atoms with van der Waals surface area (Å²) in [6.07, 6.45) is 0.875. The topological polar surface area (TPSA) is 66.3 Å². The zero-order valence-electron chi connectivity index (χ0n) is 7.59. The van der Waals surface area contributed by atoms with Gasteiger partial charge in [0.2, 0.25) is 0 Å². The second-order valence-corrected chi connectivity index (χ2v) is 3.99. The monoisotopic (exact) mass is 213 g/mol. The van der Waals surface area contributed by atoms with Crippen molar-refractivity contribution in [1.29, 1.82) is 0 Å². The second kappa shape index (κ2) is 4.02. The van der Waals surface area contributed by atoms with E-state index in [9.17, 15) is 4.79 Å². The van der Waals surface area contributed by atoms with Crippen molar-refractivity contribution < 1.29 is 9.90 Å². The predicted octanol–water partition coefficient (Wildman–Crippen LogP) is -0.00750. The fourth-order valence-corrected chi connectivity index (χ4v) is 2.02. The van der Waals surface area contributed by atoms with Crippen LogP contribution >= 0.6 is 11.5 Å². The van der Waals surface area contributed by atoms with Crippen molar-refractivity contribution in [3.8, 4) is 0 Å². The van der Waals surface area contributed by atoms with Gasteiger partial charge in [-0.15, -0.1) is 5.10 Å². The first-order valence-corrected chi connectivity index (χ1v) is 5.32. The lowest BCUT2D eigenvalue weighted by atomic mass is 10.1. The fraction of sp³-hybridized carbons (Fsp3) is 0.625. The quantitative estimate of drug-likeness (QED) is 0.750. The molecule has 1 aromatic heterocycles. The lowest BCUT2D eigenvalue weighted by Crippen LogP contribution is -2.29. The molecule has 2 heterocycles. The van der Waals surface area contributed by atoms with Gasteiger partial charge in [-0.05, 0) is 18.0 Å². The minimum absolute atomic E-state index is 0.0744. The first-order chi connectivity index (χ1) is 6.81. The van der Waals surface area contributed by atoms with Gasteiger partial charge in [-0.3, -0.25) is 4.79 Å². The maximum Gasteiger partial charge on any atom is 0.275 e. The lowest BCUT2D eigenvalue weighted by molar-refractivity contribution is 0.0776. The molecule has 14 heavy (non-hydrogen) atoms. The predicted molar refractivity (Wildman–Crippen MR) is 51.0 cm³/mol. The number of carbonyl (C=O) groups excluding carboxylic acids is 1. The van der Waals surface area contributed by atoms with Crippen LogP contribution in [-0.2, 0) is 0 Å². The smallest absolute Gasteiger partial charge is 0.275 e. The van der Waals surface area contributed by atoms with Gasteiger partial charge in [-0.25, -0.2) is 0 Å². The molecule has 1 aliphatic rings. The van der Waals surface area contributed by atoms with E-state index in [-0.39, 0.29) is 18.4 Å². The molecule has 0 aromatic carbocycles. The molecule has 1 aromatic rings. The standard InChI is InChI=1S/C8H11N3O2S/c12-4-6-1-2-11(3-6)8(13)7-5-14-10-9-7/h5-6,12H,1-4H2. The van der Waals surface area contributed by atoms with Crippen molar-refractivity contribution in [3.05, 3.63) is 11.1 Å². The molecular weight excluding hydrogens is 202 g/mol. The van der Waals surface area contributed by atoms with Crippen molar-refractivity contribution in [1.82, 2.24) is 14.5 Å². The number of hydrogen-bond acceptors (Lipinski definition) is 5. The van der Waals surface area contributed by atoms with E-state index >= 15 is 0 Å². The molecule has 1 N–H and O–H groups in total. The van der Waals surface area contributed by atoms with Crippen LogP contribution in [0, 0.1) is 5.92 Å². The van der Waals surface area contributed by atoms with Crippen LogP contribution in [0.2, 0.25) is 0 Å². The minimum atomic E-state index is -0.0744. The summed E-state index contributed by atoms with van der Waals surface area (Å²) in [5.74, 6) is 0.153. The number of aliphatic hydroxyl groups is 1. The average molecular weight is 213 g/mol. The van der Waals surface area contributed by atoms with Crippen molar-refractivity contribution in [2.24, 2.45) is 5.92 Å². The van der Waals surface area contributed by atoms with Crippen LogP contribution in [0.3, 0.4) is 0 Å². The van der Waals surface area contributed by atoms with Crippen molar-refractivity contribution >= 4 is 17.4 Å². The average Bonchev–Trinajstić information content (AvgIpc) is 2.88. The minimum Gasteiger partial charge on any atom is -0.396 e. The van der Waals surface area contributed by atoms with Gasteiger partial charge in [0.05, 0.1) is 0 Å². The van der Waals surface area contributed by atoms with Crippen LogP contribution in [0.25, 0.3) is 0 Å². The molecule has 1 unspecified atom stereocenters. The highest BCUT2D eigenvalue weighted by molar-refractivity contribution is 7.03. The molecule has 0 spiro atoms. The van der Waals surface area contributed by atoms with Crippen LogP contribution in [0.15, 0.2) is 5.38 Å². The number of hydrogen-bond donors (Lipinski definition) is 1. The van der Waals surface area contributed by atoms with Crippen molar-refractivity contribution in [2.75, 3.05) is 19.7 Å². The van der Waals surface area contributed by atoms with E-state index in [0.717, 1.165) is 6.42 Å².